The fraction of sp³-hybridized carbons (Fsp3) is 1.00. The zero-order valence-corrected chi connectivity index (χ0v) is 6.81. The van der Waals surface area contributed by atoms with Crippen molar-refractivity contribution in [3.05, 3.63) is 0 Å². The van der Waals surface area contributed by atoms with Crippen molar-refractivity contribution in [3.8, 4) is 0 Å². The van der Waals surface area contributed by atoms with Crippen molar-refractivity contribution >= 4 is 8.96 Å². The first kappa shape index (κ1) is 10.2. The van der Waals surface area contributed by atoms with Gasteiger partial charge >= 0.3 is 0 Å². The summed E-state index contributed by atoms with van der Waals surface area (Å²) in [7, 11) is 3.11. The summed E-state index contributed by atoms with van der Waals surface area (Å²) >= 11 is 0. The van der Waals surface area contributed by atoms with Gasteiger partial charge in [-0.25, -0.2) is 0 Å². The lowest BCUT2D eigenvalue weighted by molar-refractivity contribution is 1.02. The Balaban J connectivity index is 0. The van der Waals surface area contributed by atoms with Gasteiger partial charge in [-0.05, 0) is 14.1 Å². The van der Waals surface area contributed by atoms with Crippen LogP contribution in [0.3, 0.4) is 0 Å². The molecule has 2 nitrogen and oxygen atoms in total. The second-order valence-electron chi connectivity index (χ2n) is 1.74. The number of nitrogens with one attached hydrogen (secondary N) is 1. The topological polar surface area (TPSA) is 38.0 Å². The standard InChI is InChI=1S/C2H9NSi.C2H7N/c1-4(2)3;1-3-2/h4H,3H2,1-2H3;3H,1-2H3. The van der Waals surface area contributed by atoms with E-state index in [0.717, 1.165) is 0 Å². The summed E-state index contributed by atoms with van der Waals surface area (Å²) in [5, 5.41) is 8.00. The molecule has 0 rings (SSSR count). The van der Waals surface area contributed by atoms with Gasteiger partial charge in [-0.15, -0.1) is 0 Å². The molecule has 0 saturated heterocycles. The predicted octanol–water partition coefficient (Wildman–Crippen LogP) is -0.236. The van der Waals surface area contributed by atoms with E-state index in [1.54, 1.807) is 0 Å². The lowest BCUT2D eigenvalue weighted by atomic mass is 11.3. The summed E-state index contributed by atoms with van der Waals surface area (Å²) < 4.78 is 0. The van der Waals surface area contributed by atoms with Crippen molar-refractivity contribution in [2.75, 3.05) is 14.1 Å². The lowest BCUT2D eigenvalue weighted by Gasteiger charge is -1.77. The van der Waals surface area contributed by atoms with Crippen molar-refractivity contribution in [3.63, 3.8) is 0 Å². The van der Waals surface area contributed by atoms with E-state index in [0.29, 0.717) is 0 Å². The van der Waals surface area contributed by atoms with E-state index in [1.807, 2.05) is 14.1 Å². The van der Waals surface area contributed by atoms with Crippen LogP contribution >= 0.6 is 0 Å². The Kier molecular flexibility index (Phi) is 13.8. The molecule has 3 heteroatoms. The van der Waals surface area contributed by atoms with E-state index in [2.05, 4.69) is 18.4 Å². The van der Waals surface area contributed by atoms with Gasteiger partial charge in [-0.2, -0.15) is 0 Å². The quantitative estimate of drug-likeness (QED) is 0.433. The van der Waals surface area contributed by atoms with Gasteiger partial charge in [0.25, 0.3) is 0 Å². The fourth-order valence-electron chi connectivity index (χ4n) is 0. The molecule has 0 aliphatic rings. The van der Waals surface area contributed by atoms with Gasteiger partial charge in [0.05, 0.1) is 8.96 Å². The van der Waals surface area contributed by atoms with Gasteiger partial charge in [0.15, 0.2) is 0 Å². The highest BCUT2D eigenvalue weighted by molar-refractivity contribution is 6.51. The molecule has 0 aliphatic carbocycles. The summed E-state index contributed by atoms with van der Waals surface area (Å²) in [6.07, 6.45) is 0. The number of nitrogens with two attached hydrogens (primary N) is 1. The predicted molar refractivity (Wildman–Crippen MR) is 38.0 cm³/mol. The van der Waals surface area contributed by atoms with Crippen LogP contribution in [0.1, 0.15) is 0 Å². The highest BCUT2D eigenvalue weighted by Gasteiger charge is 1.71. The number of hydrogen-bond acceptors (Lipinski definition) is 2. The maximum absolute atomic E-state index is 5.25. The molecule has 0 aromatic rings. The monoisotopic (exact) mass is 120 g/mol. The molecule has 0 fully saturated rings. The molecule has 0 spiro atoms. The van der Waals surface area contributed by atoms with E-state index in [-0.39, 0.29) is 0 Å². The zero-order chi connectivity index (χ0) is 6.28. The normalized spacial score (nSPS) is 7.71. The van der Waals surface area contributed by atoms with Gasteiger partial charge in [0, 0.05) is 0 Å². The first-order chi connectivity index (χ1) is 3.15. The summed E-state index contributed by atoms with van der Waals surface area (Å²) in [4.78, 5) is 0. The maximum Gasteiger partial charge on any atom is 0.0995 e. The minimum atomic E-state index is -0.639. The summed E-state index contributed by atoms with van der Waals surface area (Å²) in [5.41, 5.74) is 0. The molecule has 46 valence electrons. The molecule has 0 bridgehead atoms. The Labute approximate surface area is 47.8 Å². The molecular weight excluding hydrogens is 104 g/mol. The van der Waals surface area contributed by atoms with Crippen molar-refractivity contribution < 1.29 is 0 Å². The van der Waals surface area contributed by atoms with Gasteiger partial charge in [-0.3, -0.25) is 0 Å². The molecule has 0 radical (unpaired) electrons. The smallest absolute Gasteiger partial charge is 0.0995 e. The Hall–Kier alpha value is 0.137. The highest BCUT2D eigenvalue weighted by atomic mass is 28.3. The van der Waals surface area contributed by atoms with Gasteiger partial charge < -0.3 is 10.7 Å². The second-order valence-corrected chi connectivity index (χ2v) is 4.23. The van der Waals surface area contributed by atoms with Crippen LogP contribution in [0.25, 0.3) is 0 Å². The third-order valence-electron chi connectivity index (χ3n) is 0. The number of rotatable bonds is 0. The average molecular weight is 120 g/mol. The fourth-order valence-corrected chi connectivity index (χ4v) is 0. The molecule has 0 amide bonds. The van der Waals surface area contributed by atoms with Crippen LogP contribution < -0.4 is 10.7 Å². The van der Waals surface area contributed by atoms with E-state index in [1.165, 1.54) is 0 Å². The van der Waals surface area contributed by atoms with Crippen LogP contribution in [0.2, 0.25) is 13.1 Å². The highest BCUT2D eigenvalue weighted by Crippen LogP contribution is 1.53. The molecule has 7 heavy (non-hydrogen) atoms. The zero-order valence-electron chi connectivity index (χ0n) is 5.65. The van der Waals surface area contributed by atoms with Crippen molar-refractivity contribution in [1.82, 2.24) is 5.32 Å². The van der Waals surface area contributed by atoms with Crippen LogP contribution in [0.15, 0.2) is 0 Å². The van der Waals surface area contributed by atoms with Crippen LogP contribution in [-0.2, 0) is 0 Å². The summed E-state index contributed by atoms with van der Waals surface area (Å²) in [5.74, 6) is 0. The minimum absolute atomic E-state index is 0.639. The average Bonchev–Trinajstić information content (AvgIpc) is 1.33. The Morgan fingerprint density at radius 2 is 1.29 bits per heavy atom. The molecule has 0 atom stereocenters. The first-order valence-corrected chi connectivity index (χ1v) is 5.46. The van der Waals surface area contributed by atoms with Crippen LogP contribution in [0.4, 0.5) is 0 Å². The Bertz CT molecular complexity index is 20.9. The molecule has 0 heterocycles. The van der Waals surface area contributed by atoms with E-state index in [9.17, 15) is 0 Å². The van der Waals surface area contributed by atoms with Crippen LogP contribution in [0, 0.1) is 0 Å². The maximum atomic E-state index is 5.25. The Morgan fingerprint density at radius 1 is 1.29 bits per heavy atom. The number of hydrogen-bond donors (Lipinski definition) is 2. The van der Waals surface area contributed by atoms with Crippen LogP contribution in [-0.4, -0.2) is 23.1 Å². The molecule has 0 unspecified atom stereocenters. The minimum Gasteiger partial charge on any atom is -0.353 e. The van der Waals surface area contributed by atoms with Gasteiger partial charge in [0.2, 0.25) is 0 Å². The molecule has 0 saturated carbocycles. The molecule has 0 aliphatic heterocycles. The summed E-state index contributed by atoms with van der Waals surface area (Å²) in [6.45, 7) is 4.17. The van der Waals surface area contributed by atoms with Crippen molar-refractivity contribution in [2.45, 2.75) is 13.1 Å². The van der Waals surface area contributed by atoms with Gasteiger partial charge in [0.1, 0.15) is 0 Å². The van der Waals surface area contributed by atoms with Crippen molar-refractivity contribution in [2.24, 2.45) is 5.40 Å². The first-order valence-electron chi connectivity index (χ1n) is 2.49. The SMILES string of the molecule is CNC.C[SiH](C)N. The molecule has 0 aromatic heterocycles. The molecule has 0 aromatic carbocycles. The third kappa shape index (κ3) is 5610. The second kappa shape index (κ2) is 9.46. The third-order valence-corrected chi connectivity index (χ3v) is 0. The van der Waals surface area contributed by atoms with E-state index in [4.69, 9.17) is 5.40 Å². The summed E-state index contributed by atoms with van der Waals surface area (Å²) in [6, 6.07) is 0. The molecular formula is C4H16N2Si. The largest absolute Gasteiger partial charge is 0.353 e. The van der Waals surface area contributed by atoms with Gasteiger partial charge in [-0.1, -0.05) is 13.1 Å². The van der Waals surface area contributed by atoms with E-state index < -0.39 is 8.96 Å². The molecule has 3 N–H and O–H groups in total. The Morgan fingerprint density at radius 3 is 1.29 bits per heavy atom. The van der Waals surface area contributed by atoms with Crippen LogP contribution in [0.5, 0.6) is 0 Å². The lowest BCUT2D eigenvalue weighted by Crippen LogP contribution is -2.13. The van der Waals surface area contributed by atoms with E-state index >= 15 is 0 Å². The van der Waals surface area contributed by atoms with Crippen molar-refractivity contribution in [1.29, 1.82) is 0 Å².